The fraction of sp³-hybridized carbons (Fsp3) is 0.667. The van der Waals surface area contributed by atoms with Crippen molar-refractivity contribution in [3.63, 3.8) is 0 Å². The van der Waals surface area contributed by atoms with Crippen molar-refractivity contribution < 1.29 is 4.79 Å². The first-order valence-corrected chi connectivity index (χ1v) is 8.21. The van der Waals surface area contributed by atoms with E-state index in [2.05, 4.69) is 34.7 Å². The molecule has 2 aliphatic rings. The molecule has 1 aromatic heterocycles. The predicted molar refractivity (Wildman–Crippen MR) is 77.9 cm³/mol. The number of hydrogen-bond donors (Lipinski definition) is 1. The van der Waals surface area contributed by atoms with Crippen molar-refractivity contribution in [2.45, 2.75) is 51.2 Å². The van der Waals surface area contributed by atoms with Crippen LogP contribution in [0.4, 0.5) is 0 Å². The van der Waals surface area contributed by atoms with Crippen LogP contribution in [0.3, 0.4) is 0 Å². The summed E-state index contributed by atoms with van der Waals surface area (Å²) in [6.07, 6.45) is 6.27. The normalized spacial score (nSPS) is 32.6. The molecule has 1 aliphatic heterocycles. The van der Waals surface area contributed by atoms with Crippen LogP contribution in [0.5, 0.6) is 0 Å². The number of nitrogens with one attached hydrogen (secondary N) is 1. The standard InChI is InChI=1S/C15H22N2OS/c1-11-4-2-5-12(8-7-11)17-14(18)10-16-15(17)13-6-3-9-19-13/h3,6,9,11-12,15-16H,2,4-5,7-8,10H2,1H3. The largest absolute Gasteiger partial charge is 0.318 e. The molecule has 0 bridgehead atoms. The highest BCUT2D eigenvalue weighted by atomic mass is 32.1. The molecule has 3 unspecified atom stereocenters. The van der Waals surface area contributed by atoms with E-state index in [4.69, 9.17) is 0 Å². The highest BCUT2D eigenvalue weighted by Gasteiger charge is 2.37. The van der Waals surface area contributed by atoms with Gasteiger partial charge in [-0.3, -0.25) is 10.1 Å². The lowest BCUT2D eigenvalue weighted by Gasteiger charge is -2.31. The Labute approximate surface area is 119 Å². The highest BCUT2D eigenvalue weighted by Crippen LogP contribution is 2.34. The minimum absolute atomic E-state index is 0.117. The van der Waals surface area contributed by atoms with E-state index in [1.54, 1.807) is 11.3 Å². The Bertz CT molecular complexity index is 431. The average molecular weight is 278 g/mol. The summed E-state index contributed by atoms with van der Waals surface area (Å²) in [5.41, 5.74) is 0. The monoisotopic (exact) mass is 278 g/mol. The summed E-state index contributed by atoms with van der Waals surface area (Å²) in [5, 5.41) is 5.47. The van der Waals surface area contributed by atoms with Gasteiger partial charge in [0.15, 0.2) is 0 Å². The maximum Gasteiger partial charge on any atom is 0.238 e. The summed E-state index contributed by atoms with van der Waals surface area (Å²) in [7, 11) is 0. The third kappa shape index (κ3) is 2.70. The highest BCUT2D eigenvalue weighted by molar-refractivity contribution is 7.10. The van der Waals surface area contributed by atoms with Crippen molar-refractivity contribution in [2.75, 3.05) is 6.54 Å². The lowest BCUT2D eigenvalue weighted by molar-refractivity contribution is -0.130. The summed E-state index contributed by atoms with van der Waals surface area (Å²) in [4.78, 5) is 15.6. The van der Waals surface area contributed by atoms with Crippen LogP contribution in [0.1, 0.15) is 50.1 Å². The molecular weight excluding hydrogens is 256 g/mol. The van der Waals surface area contributed by atoms with Crippen molar-refractivity contribution >= 4 is 17.2 Å². The molecule has 104 valence electrons. The molecule has 1 aliphatic carbocycles. The quantitative estimate of drug-likeness (QED) is 0.843. The number of amides is 1. The van der Waals surface area contributed by atoms with Crippen molar-refractivity contribution in [1.29, 1.82) is 0 Å². The molecule has 0 radical (unpaired) electrons. The molecule has 3 nitrogen and oxygen atoms in total. The van der Waals surface area contributed by atoms with Gasteiger partial charge in [-0.1, -0.05) is 25.8 Å². The second-order valence-corrected chi connectivity index (χ2v) is 6.85. The van der Waals surface area contributed by atoms with Crippen molar-refractivity contribution in [3.8, 4) is 0 Å². The van der Waals surface area contributed by atoms with E-state index in [-0.39, 0.29) is 12.1 Å². The smallest absolute Gasteiger partial charge is 0.238 e. The topological polar surface area (TPSA) is 32.3 Å². The minimum atomic E-state index is 0.117. The fourth-order valence-corrected chi connectivity index (χ4v) is 4.16. The molecular formula is C15H22N2OS. The van der Waals surface area contributed by atoms with Gasteiger partial charge in [-0.25, -0.2) is 0 Å². The van der Waals surface area contributed by atoms with E-state index >= 15 is 0 Å². The maximum atomic E-state index is 12.2. The van der Waals surface area contributed by atoms with E-state index in [1.165, 1.54) is 30.6 Å². The van der Waals surface area contributed by atoms with Crippen LogP contribution < -0.4 is 5.32 Å². The number of thiophene rings is 1. The van der Waals surface area contributed by atoms with Gasteiger partial charge < -0.3 is 4.90 Å². The fourth-order valence-electron chi connectivity index (χ4n) is 3.36. The van der Waals surface area contributed by atoms with Gasteiger partial charge in [0.1, 0.15) is 6.17 Å². The van der Waals surface area contributed by atoms with Gasteiger partial charge in [0.05, 0.1) is 6.54 Å². The van der Waals surface area contributed by atoms with Crippen molar-refractivity contribution in [2.24, 2.45) is 5.92 Å². The summed E-state index contributed by atoms with van der Waals surface area (Å²) in [6.45, 7) is 2.83. The molecule has 1 saturated carbocycles. The SMILES string of the molecule is CC1CCCC(N2C(=O)CNC2c2cccs2)CC1. The van der Waals surface area contributed by atoms with E-state index < -0.39 is 0 Å². The van der Waals surface area contributed by atoms with Gasteiger partial charge in [0.25, 0.3) is 0 Å². The molecule has 2 fully saturated rings. The van der Waals surface area contributed by atoms with Crippen LogP contribution in [-0.2, 0) is 4.79 Å². The number of carbonyl (C=O) groups excluding carboxylic acids is 1. The molecule has 0 spiro atoms. The predicted octanol–water partition coefficient (Wildman–Crippen LogP) is 3.15. The van der Waals surface area contributed by atoms with E-state index in [9.17, 15) is 4.79 Å². The van der Waals surface area contributed by atoms with Gasteiger partial charge in [0.2, 0.25) is 5.91 Å². The Morgan fingerprint density at radius 3 is 3.00 bits per heavy atom. The van der Waals surface area contributed by atoms with Crippen LogP contribution in [0, 0.1) is 5.92 Å². The zero-order valence-corrected chi connectivity index (χ0v) is 12.3. The molecule has 1 aromatic rings. The van der Waals surface area contributed by atoms with Crippen LogP contribution in [0.15, 0.2) is 17.5 Å². The van der Waals surface area contributed by atoms with E-state index in [0.29, 0.717) is 12.6 Å². The van der Waals surface area contributed by atoms with Gasteiger partial charge in [0, 0.05) is 10.9 Å². The molecule has 1 N–H and O–H groups in total. The van der Waals surface area contributed by atoms with Gasteiger partial charge >= 0.3 is 0 Å². The second-order valence-electron chi connectivity index (χ2n) is 5.87. The molecule has 3 atom stereocenters. The summed E-state index contributed by atoms with van der Waals surface area (Å²) in [5.74, 6) is 1.09. The number of carbonyl (C=O) groups is 1. The lowest BCUT2D eigenvalue weighted by atomic mass is 10.0. The van der Waals surface area contributed by atoms with Crippen molar-refractivity contribution in [3.05, 3.63) is 22.4 Å². The van der Waals surface area contributed by atoms with Crippen LogP contribution >= 0.6 is 11.3 Å². The van der Waals surface area contributed by atoms with E-state index in [0.717, 1.165) is 12.3 Å². The Balaban J connectivity index is 1.78. The molecule has 19 heavy (non-hydrogen) atoms. The average Bonchev–Trinajstić information content (AvgIpc) is 2.98. The van der Waals surface area contributed by atoms with Crippen LogP contribution in [0.25, 0.3) is 0 Å². The van der Waals surface area contributed by atoms with Crippen LogP contribution in [0.2, 0.25) is 0 Å². The first-order chi connectivity index (χ1) is 9.25. The maximum absolute atomic E-state index is 12.2. The minimum Gasteiger partial charge on any atom is -0.318 e. The number of hydrogen-bond acceptors (Lipinski definition) is 3. The molecule has 3 rings (SSSR count). The molecule has 0 aromatic carbocycles. The van der Waals surface area contributed by atoms with Crippen LogP contribution in [-0.4, -0.2) is 23.4 Å². The first-order valence-electron chi connectivity index (χ1n) is 7.33. The summed E-state index contributed by atoms with van der Waals surface area (Å²) >= 11 is 1.74. The van der Waals surface area contributed by atoms with Gasteiger partial charge in [-0.15, -0.1) is 11.3 Å². The zero-order chi connectivity index (χ0) is 13.2. The molecule has 4 heteroatoms. The second kappa shape index (κ2) is 5.63. The Kier molecular flexibility index (Phi) is 3.89. The number of rotatable bonds is 2. The molecule has 2 heterocycles. The Morgan fingerprint density at radius 1 is 1.32 bits per heavy atom. The summed E-state index contributed by atoms with van der Waals surface area (Å²) < 4.78 is 0. The molecule has 1 amide bonds. The Morgan fingerprint density at radius 2 is 2.21 bits per heavy atom. The Hall–Kier alpha value is -0.870. The third-order valence-electron chi connectivity index (χ3n) is 4.45. The summed E-state index contributed by atoms with van der Waals surface area (Å²) in [6, 6.07) is 4.63. The van der Waals surface area contributed by atoms with E-state index in [1.807, 2.05) is 0 Å². The van der Waals surface area contributed by atoms with Gasteiger partial charge in [-0.05, 0) is 36.6 Å². The lowest BCUT2D eigenvalue weighted by Crippen LogP contribution is -2.39. The first kappa shape index (κ1) is 13.1. The number of nitrogens with zero attached hydrogens (tertiary/aromatic N) is 1. The zero-order valence-electron chi connectivity index (χ0n) is 11.5. The molecule has 1 saturated heterocycles. The van der Waals surface area contributed by atoms with Crippen molar-refractivity contribution in [1.82, 2.24) is 10.2 Å². The third-order valence-corrected chi connectivity index (χ3v) is 5.37. The van der Waals surface area contributed by atoms with Gasteiger partial charge in [-0.2, -0.15) is 0 Å².